The maximum atomic E-state index is 12.8. The van der Waals surface area contributed by atoms with Crippen LogP contribution in [0, 0.1) is 27.7 Å². The van der Waals surface area contributed by atoms with E-state index in [0.717, 1.165) is 39.1 Å². The van der Waals surface area contributed by atoms with Gasteiger partial charge in [-0.15, -0.1) is 0 Å². The molecule has 4 aromatic rings. The van der Waals surface area contributed by atoms with Crippen LogP contribution in [0.3, 0.4) is 0 Å². The average Bonchev–Trinajstić information content (AvgIpc) is 3.15. The number of nitrogens with one attached hydrogen (secondary N) is 1. The molecule has 4 rings (SSSR count). The molecule has 0 aliphatic rings. The molecule has 0 aliphatic heterocycles. The van der Waals surface area contributed by atoms with E-state index in [1.807, 2.05) is 55.8 Å². The molecular weight excluding hydrogens is 428 g/mol. The number of hydrogen-bond donors (Lipinski definition) is 1. The van der Waals surface area contributed by atoms with Gasteiger partial charge in [-0.1, -0.05) is 23.8 Å². The molecule has 2 heterocycles. The molecule has 0 bridgehead atoms. The van der Waals surface area contributed by atoms with Gasteiger partial charge in [-0.2, -0.15) is 10.1 Å². The van der Waals surface area contributed by atoms with E-state index in [9.17, 15) is 4.79 Å². The predicted octanol–water partition coefficient (Wildman–Crippen LogP) is 5.24. The van der Waals surface area contributed by atoms with Gasteiger partial charge in [-0.25, -0.2) is 4.68 Å². The van der Waals surface area contributed by atoms with Gasteiger partial charge in [0.1, 0.15) is 5.75 Å². The van der Waals surface area contributed by atoms with E-state index >= 15 is 0 Å². The molecular formula is C27H30N4O3. The van der Waals surface area contributed by atoms with Gasteiger partial charge in [-0.05, 0) is 69.5 Å². The summed E-state index contributed by atoms with van der Waals surface area (Å²) >= 11 is 0. The normalized spacial score (nSPS) is 11.0. The first-order valence-corrected chi connectivity index (χ1v) is 11.3. The van der Waals surface area contributed by atoms with Gasteiger partial charge in [0.2, 0.25) is 11.8 Å². The average molecular weight is 459 g/mol. The number of anilines is 1. The number of ether oxygens (including phenoxy) is 2. The van der Waals surface area contributed by atoms with Gasteiger partial charge in [-0.3, -0.25) is 4.79 Å². The molecule has 7 nitrogen and oxygen atoms in total. The molecule has 0 saturated heterocycles. The number of carbonyl (C=O) groups excluding carboxylic acids is 1. The number of rotatable bonds is 7. The first kappa shape index (κ1) is 23.3. The molecule has 2 aromatic carbocycles. The van der Waals surface area contributed by atoms with Gasteiger partial charge in [0, 0.05) is 17.4 Å². The lowest BCUT2D eigenvalue weighted by atomic mass is 10.0. The number of hydrogen-bond acceptors (Lipinski definition) is 5. The first-order chi connectivity index (χ1) is 16.3. The summed E-state index contributed by atoms with van der Waals surface area (Å²) in [6.07, 6.45) is 0.777. The van der Waals surface area contributed by atoms with Crippen molar-refractivity contribution < 1.29 is 14.3 Å². The predicted molar refractivity (Wildman–Crippen MR) is 134 cm³/mol. The van der Waals surface area contributed by atoms with Crippen molar-refractivity contribution in [2.45, 2.75) is 40.5 Å². The fraction of sp³-hybridized carbons (Fsp3) is 0.296. The van der Waals surface area contributed by atoms with Gasteiger partial charge < -0.3 is 14.8 Å². The van der Waals surface area contributed by atoms with E-state index in [1.165, 1.54) is 5.56 Å². The van der Waals surface area contributed by atoms with E-state index in [1.54, 1.807) is 14.2 Å². The van der Waals surface area contributed by atoms with Crippen molar-refractivity contribution in [1.82, 2.24) is 14.8 Å². The highest BCUT2D eigenvalue weighted by molar-refractivity contribution is 5.93. The summed E-state index contributed by atoms with van der Waals surface area (Å²) in [5.74, 6) is 1.05. The second kappa shape index (κ2) is 9.55. The monoisotopic (exact) mass is 458 g/mol. The lowest BCUT2D eigenvalue weighted by Crippen LogP contribution is -2.14. The standard InChI is InChI=1S/C27H30N4O3/c1-16-7-10-20(11-8-16)31-26-25(19(4)30-31)18(3)21(27(29-26)34-6)12-14-24(32)28-22-15-17(2)9-13-23(22)33-5/h7-11,13,15H,12,14H2,1-6H3,(H,28,32). The van der Waals surface area contributed by atoms with Crippen LogP contribution in [-0.4, -0.2) is 34.9 Å². The van der Waals surface area contributed by atoms with E-state index in [0.29, 0.717) is 23.7 Å². The highest BCUT2D eigenvalue weighted by Crippen LogP contribution is 2.32. The molecule has 34 heavy (non-hydrogen) atoms. The number of fused-ring (bicyclic) bond motifs is 1. The molecule has 1 amide bonds. The molecule has 0 atom stereocenters. The maximum Gasteiger partial charge on any atom is 0.224 e. The van der Waals surface area contributed by atoms with Crippen molar-refractivity contribution in [3.8, 4) is 17.3 Å². The summed E-state index contributed by atoms with van der Waals surface area (Å²) in [4.78, 5) is 17.6. The van der Waals surface area contributed by atoms with Crippen molar-refractivity contribution in [2.75, 3.05) is 19.5 Å². The topological polar surface area (TPSA) is 78.3 Å². The Bertz CT molecular complexity index is 1360. The third-order valence-corrected chi connectivity index (χ3v) is 6.03. The Morgan fingerprint density at radius 3 is 2.35 bits per heavy atom. The van der Waals surface area contributed by atoms with Crippen molar-refractivity contribution in [1.29, 1.82) is 0 Å². The maximum absolute atomic E-state index is 12.8. The van der Waals surface area contributed by atoms with Crippen molar-refractivity contribution >= 4 is 22.6 Å². The molecule has 2 aromatic heterocycles. The third-order valence-electron chi connectivity index (χ3n) is 6.03. The van der Waals surface area contributed by atoms with Crippen LogP contribution in [0.5, 0.6) is 11.6 Å². The van der Waals surface area contributed by atoms with Crippen LogP contribution in [0.15, 0.2) is 42.5 Å². The van der Waals surface area contributed by atoms with E-state index in [-0.39, 0.29) is 12.3 Å². The Labute approximate surface area is 199 Å². The molecule has 0 spiro atoms. The number of methoxy groups -OCH3 is 2. The minimum atomic E-state index is -0.0995. The number of aromatic nitrogens is 3. The highest BCUT2D eigenvalue weighted by atomic mass is 16.5. The fourth-order valence-corrected chi connectivity index (χ4v) is 4.23. The number of aryl methyl sites for hydroxylation is 4. The lowest BCUT2D eigenvalue weighted by molar-refractivity contribution is -0.116. The number of amides is 1. The number of pyridine rings is 1. The Morgan fingerprint density at radius 1 is 0.971 bits per heavy atom. The zero-order valence-electron chi connectivity index (χ0n) is 20.5. The third kappa shape index (κ3) is 4.46. The molecule has 0 aliphatic carbocycles. The number of carbonyl (C=O) groups is 1. The molecule has 0 saturated carbocycles. The van der Waals surface area contributed by atoms with Gasteiger partial charge >= 0.3 is 0 Å². The summed E-state index contributed by atoms with van der Waals surface area (Å²) in [6, 6.07) is 13.9. The van der Waals surface area contributed by atoms with Crippen molar-refractivity contribution in [3.05, 3.63) is 70.4 Å². The van der Waals surface area contributed by atoms with E-state index in [4.69, 9.17) is 19.6 Å². The molecule has 0 fully saturated rings. The first-order valence-electron chi connectivity index (χ1n) is 11.3. The summed E-state index contributed by atoms with van der Waals surface area (Å²) < 4.78 is 12.9. The Kier molecular flexibility index (Phi) is 6.54. The fourth-order valence-electron chi connectivity index (χ4n) is 4.23. The zero-order chi connectivity index (χ0) is 24.4. The Hall–Kier alpha value is -3.87. The lowest BCUT2D eigenvalue weighted by Gasteiger charge is -2.14. The minimum absolute atomic E-state index is 0.0995. The van der Waals surface area contributed by atoms with Crippen LogP contribution in [0.4, 0.5) is 5.69 Å². The minimum Gasteiger partial charge on any atom is -0.495 e. The zero-order valence-corrected chi connectivity index (χ0v) is 20.5. The Balaban J connectivity index is 1.64. The van der Waals surface area contributed by atoms with Crippen LogP contribution in [0.25, 0.3) is 16.7 Å². The van der Waals surface area contributed by atoms with Crippen molar-refractivity contribution in [2.24, 2.45) is 0 Å². The molecule has 176 valence electrons. The van der Waals surface area contributed by atoms with E-state index in [2.05, 4.69) is 24.4 Å². The molecule has 7 heteroatoms. The quantitative estimate of drug-likeness (QED) is 0.410. The van der Waals surface area contributed by atoms with Crippen LogP contribution >= 0.6 is 0 Å². The largest absolute Gasteiger partial charge is 0.495 e. The summed E-state index contributed by atoms with van der Waals surface area (Å²) in [6.45, 7) is 8.05. The van der Waals surface area contributed by atoms with Gasteiger partial charge in [0.25, 0.3) is 0 Å². The van der Waals surface area contributed by atoms with Crippen LogP contribution in [-0.2, 0) is 11.2 Å². The van der Waals surface area contributed by atoms with Crippen molar-refractivity contribution in [3.63, 3.8) is 0 Å². The smallest absolute Gasteiger partial charge is 0.224 e. The Morgan fingerprint density at radius 2 is 1.68 bits per heavy atom. The van der Waals surface area contributed by atoms with Crippen LogP contribution in [0.2, 0.25) is 0 Å². The highest BCUT2D eigenvalue weighted by Gasteiger charge is 2.20. The molecule has 0 radical (unpaired) electrons. The van der Waals surface area contributed by atoms with E-state index < -0.39 is 0 Å². The summed E-state index contributed by atoms with van der Waals surface area (Å²) in [5.41, 5.74) is 7.40. The summed E-state index contributed by atoms with van der Waals surface area (Å²) in [7, 11) is 3.20. The van der Waals surface area contributed by atoms with Crippen LogP contribution < -0.4 is 14.8 Å². The number of nitrogens with zero attached hydrogens (tertiary/aromatic N) is 3. The van der Waals surface area contributed by atoms with Gasteiger partial charge in [0.15, 0.2) is 5.65 Å². The molecule has 0 unspecified atom stereocenters. The molecule has 1 N–H and O–H groups in total. The van der Waals surface area contributed by atoms with Crippen LogP contribution in [0.1, 0.15) is 34.4 Å². The second-order valence-electron chi connectivity index (χ2n) is 8.51. The number of benzene rings is 2. The summed E-state index contributed by atoms with van der Waals surface area (Å²) in [5, 5.41) is 8.70. The van der Waals surface area contributed by atoms with Gasteiger partial charge in [0.05, 0.1) is 31.3 Å². The second-order valence-corrected chi connectivity index (χ2v) is 8.51. The SMILES string of the molecule is COc1ccc(C)cc1NC(=O)CCc1c(OC)nc2c(c(C)nn2-c2ccc(C)cc2)c1C.